The van der Waals surface area contributed by atoms with Gasteiger partial charge in [0.1, 0.15) is 0 Å². The summed E-state index contributed by atoms with van der Waals surface area (Å²) < 4.78 is 1.18. The minimum atomic E-state index is 0.561. The lowest BCUT2D eigenvalue weighted by Crippen LogP contribution is -2.12. The van der Waals surface area contributed by atoms with Crippen molar-refractivity contribution < 1.29 is 0 Å². The lowest BCUT2D eigenvalue weighted by molar-refractivity contribution is 0.951. The first-order chi connectivity index (χ1) is 5.72. The SMILES string of the molecule is CC(CN)SCc1cc(Br)cs1. The lowest BCUT2D eigenvalue weighted by atomic mass is 10.5. The molecule has 12 heavy (non-hydrogen) atoms. The minimum Gasteiger partial charge on any atom is -0.329 e. The number of thioether (sulfide) groups is 1. The molecule has 0 aliphatic rings. The van der Waals surface area contributed by atoms with Crippen molar-refractivity contribution in [3.63, 3.8) is 0 Å². The average molecular weight is 266 g/mol. The number of thiophene rings is 1. The second-order valence-corrected chi connectivity index (χ2v) is 5.93. The fourth-order valence-electron chi connectivity index (χ4n) is 0.722. The van der Waals surface area contributed by atoms with Gasteiger partial charge in [0, 0.05) is 32.3 Å². The van der Waals surface area contributed by atoms with E-state index in [4.69, 9.17) is 5.73 Å². The molecule has 1 aromatic rings. The Hall–Kier alpha value is 0.490. The molecule has 68 valence electrons. The molecule has 2 N–H and O–H groups in total. The summed E-state index contributed by atoms with van der Waals surface area (Å²) in [5.74, 6) is 1.08. The van der Waals surface area contributed by atoms with Gasteiger partial charge in [-0.1, -0.05) is 6.92 Å². The smallest absolute Gasteiger partial charge is 0.0285 e. The maximum Gasteiger partial charge on any atom is 0.0285 e. The summed E-state index contributed by atoms with van der Waals surface area (Å²) in [5.41, 5.74) is 5.51. The molecular formula is C8H12BrNS2. The van der Waals surface area contributed by atoms with Gasteiger partial charge in [-0.15, -0.1) is 11.3 Å². The van der Waals surface area contributed by atoms with Crippen LogP contribution in [0.5, 0.6) is 0 Å². The Morgan fingerprint density at radius 2 is 2.50 bits per heavy atom. The summed E-state index contributed by atoms with van der Waals surface area (Å²) in [7, 11) is 0. The van der Waals surface area contributed by atoms with Crippen LogP contribution in [0.4, 0.5) is 0 Å². The van der Waals surface area contributed by atoms with E-state index in [1.165, 1.54) is 9.35 Å². The van der Waals surface area contributed by atoms with Crippen LogP contribution >= 0.6 is 39.0 Å². The number of hydrogen-bond acceptors (Lipinski definition) is 3. The number of halogens is 1. The summed E-state index contributed by atoms with van der Waals surface area (Å²) >= 11 is 7.13. The van der Waals surface area contributed by atoms with E-state index >= 15 is 0 Å². The zero-order valence-electron chi connectivity index (χ0n) is 6.92. The zero-order valence-corrected chi connectivity index (χ0v) is 10.1. The van der Waals surface area contributed by atoms with Gasteiger partial charge in [-0.2, -0.15) is 11.8 Å². The molecule has 1 atom stereocenters. The molecule has 0 aromatic carbocycles. The van der Waals surface area contributed by atoms with Gasteiger partial charge in [0.05, 0.1) is 0 Å². The summed E-state index contributed by atoms with van der Waals surface area (Å²) in [4.78, 5) is 1.41. The van der Waals surface area contributed by atoms with Crippen LogP contribution in [-0.4, -0.2) is 11.8 Å². The van der Waals surface area contributed by atoms with Crippen molar-refractivity contribution in [1.82, 2.24) is 0 Å². The molecule has 1 heterocycles. The van der Waals surface area contributed by atoms with E-state index in [-0.39, 0.29) is 0 Å². The van der Waals surface area contributed by atoms with Crippen LogP contribution in [0, 0.1) is 0 Å². The Morgan fingerprint density at radius 3 is 3.00 bits per heavy atom. The van der Waals surface area contributed by atoms with Gasteiger partial charge in [0.15, 0.2) is 0 Å². The van der Waals surface area contributed by atoms with Crippen molar-refractivity contribution in [2.24, 2.45) is 5.73 Å². The third-order valence-corrected chi connectivity index (χ3v) is 4.58. The Morgan fingerprint density at radius 1 is 1.75 bits per heavy atom. The predicted octanol–water partition coefficient (Wildman–Crippen LogP) is 3.09. The Bertz CT molecular complexity index is 237. The van der Waals surface area contributed by atoms with Gasteiger partial charge in [0.2, 0.25) is 0 Å². The van der Waals surface area contributed by atoms with Crippen molar-refractivity contribution in [2.75, 3.05) is 6.54 Å². The first kappa shape index (κ1) is 10.6. The number of hydrogen-bond donors (Lipinski definition) is 1. The molecule has 0 spiro atoms. The Balaban J connectivity index is 2.33. The topological polar surface area (TPSA) is 26.0 Å². The summed E-state index contributed by atoms with van der Waals surface area (Å²) in [5, 5.41) is 2.68. The van der Waals surface area contributed by atoms with Crippen molar-refractivity contribution in [3.8, 4) is 0 Å². The second kappa shape index (κ2) is 5.27. The molecule has 1 nitrogen and oxygen atoms in total. The molecule has 0 aliphatic heterocycles. The quantitative estimate of drug-likeness (QED) is 0.906. The minimum absolute atomic E-state index is 0.561. The molecular weight excluding hydrogens is 254 g/mol. The average Bonchev–Trinajstić information content (AvgIpc) is 2.47. The van der Waals surface area contributed by atoms with Gasteiger partial charge in [-0.25, -0.2) is 0 Å². The molecule has 1 unspecified atom stereocenters. The summed E-state index contributed by atoms with van der Waals surface area (Å²) in [6.07, 6.45) is 0. The normalized spacial score (nSPS) is 13.2. The lowest BCUT2D eigenvalue weighted by Gasteiger charge is -2.05. The Kier molecular flexibility index (Phi) is 4.64. The van der Waals surface area contributed by atoms with Gasteiger partial charge in [-0.05, 0) is 22.0 Å². The van der Waals surface area contributed by atoms with Crippen molar-refractivity contribution >= 4 is 39.0 Å². The molecule has 0 saturated carbocycles. The maximum absolute atomic E-state index is 5.51. The van der Waals surface area contributed by atoms with E-state index in [0.29, 0.717) is 5.25 Å². The highest BCUT2D eigenvalue weighted by Gasteiger charge is 2.01. The third kappa shape index (κ3) is 3.47. The van der Waals surface area contributed by atoms with Gasteiger partial charge < -0.3 is 5.73 Å². The Labute approximate surface area is 89.9 Å². The zero-order chi connectivity index (χ0) is 8.97. The van der Waals surface area contributed by atoms with E-state index in [1.54, 1.807) is 11.3 Å². The van der Waals surface area contributed by atoms with Crippen molar-refractivity contribution in [3.05, 3.63) is 20.8 Å². The second-order valence-electron chi connectivity index (χ2n) is 2.59. The van der Waals surface area contributed by atoms with Gasteiger partial charge >= 0.3 is 0 Å². The molecule has 0 aliphatic carbocycles. The van der Waals surface area contributed by atoms with E-state index in [2.05, 4.69) is 34.3 Å². The first-order valence-corrected chi connectivity index (χ1v) is 6.49. The van der Waals surface area contributed by atoms with Crippen LogP contribution in [0.2, 0.25) is 0 Å². The first-order valence-electron chi connectivity index (χ1n) is 3.77. The van der Waals surface area contributed by atoms with Crippen LogP contribution < -0.4 is 5.73 Å². The molecule has 1 aromatic heterocycles. The number of rotatable bonds is 4. The highest BCUT2D eigenvalue weighted by atomic mass is 79.9. The molecule has 0 fully saturated rings. The van der Waals surface area contributed by atoms with Crippen LogP contribution in [0.15, 0.2) is 15.9 Å². The number of nitrogens with two attached hydrogens (primary N) is 1. The molecule has 4 heteroatoms. The van der Waals surface area contributed by atoms with Crippen molar-refractivity contribution in [2.45, 2.75) is 17.9 Å². The molecule has 0 radical (unpaired) electrons. The standard InChI is InChI=1S/C8H12BrNS2/c1-6(3-10)11-5-8-2-7(9)4-12-8/h2,4,6H,3,5,10H2,1H3. The van der Waals surface area contributed by atoms with Crippen LogP contribution in [0.25, 0.3) is 0 Å². The van der Waals surface area contributed by atoms with Crippen molar-refractivity contribution in [1.29, 1.82) is 0 Å². The summed E-state index contributed by atoms with van der Waals surface area (Å²) in [6.45, 7) is 2.92. The van der Waals surface area contributed by atoms with Crippen LogP contribution in [0.3, 0.4) is 0 Å². The van der Waals surface area contributed by atoms with Crippen LogP contribution in [-0.2, 0) is 5.75 Å². The summed E-state index contributed by atoms with van der Waals surface area (Å²) in [6, 6.07) is 2.17. The van der Waals surface area contributed by atoms with E-state index in [0.717, 1.165) is 12.3 Å². The third-order valence-electron chi connectivity index (χ3n) is 1.46. The molecule has 0 bridgehead atoms. The largest absolute Gasteiger partial charge is 0.329 e. The molecule has 0 saturated heterocycles. The van der Waals surface area contributed by atoms with E-state index in [1.807, 2.05) is 11.8 Å². The predicted molar refractivity (Wildman–Crippen MR) is 61.8 cm³/mol. The highest BCUT2D eigenvalue weighted by molar-refractivity contribution is 9.10. The van der Waals surface area contributed by atoms with Gasteiger partial charge in [0.25, 0.3) is 0 Å². The van der Waals surface area contributed by atoms with E-state index in [9.17, 15) is 0 Å². The molecule has 0 amide bonds. The monoisotopic (exact) mass is 265 g/mol. The maximum atomic E-state index is 5.51. The molecule has 1 rings (SSSR count). The van der Waals surface area contributed by atoms with Gasteiger partial charge in [-0.3, -0.25) is 0 Å². The van der Waals surface area contributed by atoms with E-state index < -0.39 is 0 Å². The fourth-order valence-corrected chi connectivity index (χ4v) is 3.10. The highest BCUT2D eigenvalue weighted by Crippen LogP contribution is 2.25. The van der Waals surface area contributed by atoms with Crippen LogP contribution in [0.1, 0.15) is 11.8 Å². The fraction of sp³-hybridized carbons (Fsp3) is 0.500.